The monoisotopic (exact) mass is 501 g/mol. The first kappa shape index (κ1) is 25.7. The lowest BCUT2D eigenvalue weighted by Gasteiger charge is -2.20. The number of nitrogens with one attached hydrogen (secondary N) is 2. The molecule has 0 spiro atoms. The molecule has 3 aromatic rings. The Morgan fingerprint density at radius 1 is 1.09 bits per heavy atom. The van der Waals surface area contributed by atoms with Crippen LogP contribution in [0.5, 0.6) is 0 Å². The molecule has 0 aliphatic rings. The minimum Gasteiger partial charge on any atom is -0.454 e. The van der Waals surface area contributed by atoms with Crippen LogP contribution < -0.4 is 10.0 Å². The lowest BCUT2D eigenvalue weighted by molar-refractivity contribution is -0.385. The van der Waals surface area contributed by atoms with Crippen LogP contribution in [0, 0.1) is 17.0 Å². The number of rotatable bonds is 9. The number of esters is 1. The normalized spacial score (nSPS) is 13.1. The molecule has 184 valence electrons. The van der Waals surface area contributed by atoms with Crippen LogP contribution in [-0.2, 0) is 24.3 Å². The largest absolute Gasteiger partial charge is 0.454 e. The van der Waals surface area contributed by atoms with E-state index in [1.54, 1.807) is 18.2 Å². The van der Waals surface area contributed by atoms with E-state index in [1.165, 1.54) is 44.2 Å². The summed E-state index contributed by atoms with van der Waals surface area (Å²) in [7, 11) is -4.22. The van der Waals surface area contributed by atoms with Gasteiger partial charge in [0.15, 0.2) is 6.61 Å². The van der Waals surface area contributed by atoms with Gasteiger partial charge in [-0.2, -0.15) is 4.72 Å². The Kier molecular flexibility index (Phi) is 7.79. The highest BCUT2D eigenvalue weighted by Gasteiger charge is 2.31. The zero-order chi connectivity index (χ0) is 25.8. The fraction of sp³-hybridized carbons (Fsp3) is 0.217. The Morgan fingerprint density at radius 2 is 1.77 bits per heavy atom. The number of carbonyl (C=O) groups excluding carboxylic acids is 2. The molecule has 0 aliphatic heterocycles. The summed E-state index contributed by atoms with van der Waals surface area (Å²) in [4.78, 5) is 35.0. The minimum atomic E-state index is -4.22. The van der Waals surface area contributed by atoms with E-state index >= 15 is 0 Å². The summed E-state index contributed by atoms with van der Waals surface area (Å²) in [6.45, 7) is 1.84. The number of nitro benzene ring substituents is 1. The number of aliphatic hydroxyl groups is 1. The number of hydrogen-bond acceptors (Lipinski definition) is 8. The number of aliphatic hydroxyl groups excluding tert-OH is 1. The summed E-state index contributed by atoms with van der Waals surface area (Å²) in [5, 5.41) is 24.9. The lowest BCUT2D eigenvalue weighted by atomic mass is 10.1. The molecule has 11 nitrogen and oxygen atoms in total. The van der Waals surface area contributed by atoms with Crippen LogP contribution in [0.3, 0.4) is 0 Å². The molecule has 0 unspecified atom stereocenters. The number of amides is 1. The van der Waals surface area contributed by atoms with Crippen molar-refractivity contribution in [3.05, 3.63) is 76.3 Å². The van der Waals surface area contributed by atoms with E-state index in [-0.39, 0.29) is 21.8 Å². The number of fused-ring (bicyclic) bond motifs is 1. The quantitative estimate of drug-likeness (QED) is 0.228. The average Bonchev–Trinajstić information content (AvgIpc) is 2.81. The van der Waals surface area contributed by atoms with E-state index in [4.69, 9.17) is 4.74 Å². The first-order valence-corrected chi connectivity index (χ1v) is 11.9. The van der Waals surface area contributed by atoms with Crippen LogP contribution in [-0.4, -0.2) is 49.1 Å². The zero-order valence-electron chi connectivity index (χ0n) is 18.8. The summed E-state index contributed by atoms with van der Waals surface area (Å²) in [6, 6.07) is 13.9. The fourth-order valence-corrected chi connectivity index (χ4v) is 4.58. The molecule has 0 saturated carbocycles. The predicted molar refractivity (Wildman–Crippen MR) is 127 cm³/mol. The Bertz CT molecular complexity index is 1390. The smallest absolute Gasteiger partial charge is 0.327 e. The molecule has 3 aromatic carbocycles. The number of benzene rings is 3. The van der Waals surface area contributed by atoms with Gasteiger partial charge in [-0.05, 0) is 42.8 Å². The Hall–Kier alpha value is -3.87. The van der Waals surface area contributed by atoms with Crippen molar-refractivity contribution in [2.45, 2.75) is 30.9 Å². The highest BCUT2D eigenvalue weighted by Crippen LogP contribution is 2.25. The third-order valence-electron chi connectivity index (χ3n) is 5.17. The van der Waals surface area contributed by atoms with Crippen molar-refractivity contribution in [3.63, 3.8) is 0 Å². The highest BCUT2D eigenvalue weighted by molar-refractivity contribution is 7.89. The Morgan fingerprint density at radius 3 is 2.43 bits per heavy atom. The van der Waals surface area contributed by atoms with Crippen molar-refractivity contribution in [2.24, 2.45) is 0 Å². The third kappa shape index (κ3) is 6.18. The molecule has 0 fully saturated rings. The molecule has 0 aliphatic carbocycles. The van der Waals surface area contributed by atoms with Gasteiger partial charge in [0.25, 0.3) is 11.6 Å². The standard InChI is InChI=1S/C23H23N3O8S/c1-14-19(8-5-9-20(14)26(30)31)24-21(28)13-34-23(29)22(15(2)27)25-35(32,33)18-11-10-16-6-3-4-7-17(16)12-18/h3-12,15,22,25,27H,13H2,1-2H3,(H,24,28)/t15-,22+/m0/s1. The molecule has 0 saturated heterocycles. The highest BCUT2D eigenvalue weighted by atomic mass is 32.2. The number of sulfonamides is 1. The van der Waals surface area contributed by atoms with E-state index in [1.807, 2.05) is 12.1 Å². The summed E-state index contributed by atoms with van der Waals surface area (Å²) in [6.07, 6.45) is -1.47. The molecule has 0 bridgehead atoms. The van der Waals surface area contributed by atoms with E-state index in [9.17, 15) is 33.2 Å². The van der Waals surface area contributed by atoms with E-state index in [2.05, 4.69) is 10.0 Å². The summed E-state index contributed by atoms with van der Waals surface area (Å²) >= 11 is 0. The number of anilines is 1. The van der Waals surface area contributed by atoms with Crippen LogP contribution in [0.4, 0.5) is 11.4 Å². The van der Waals surface area contributed by atoms with Gasteiger partial charge >= 0.3 is 5.97 Å². The van der Waals surface area contributed by atoms with Gasteiger partial charge < -0.3 is 15.2 Å². The first-order valence-electron chi connectivity index (χ1n) is 10.4. The topological polar surface area (TPSA) is 165 Å². The minimum absolute atomic E-state index is 0.117. The van der Waals surface area contributed by atoms with Gasteiger partial charge in [-0.3, -0.25) is 19.7 Å². The predicted octanol–water partition coefficient (Wildman–Crippen LogP) is 2.27. The van der Waals surface area contributed by atoms with Crippen molar-refractivity contribution in [1.29, 1.82) is 0 Å². The van der Waals surface area contributed by atoms with Crippen LogP contribution >= 0.6 is 0 Å². The Balaban J connectivity index is 1.68. The van der Waals surface area contributed by atoms with Crippen molar-refractivity contribution >= 4 is 44.0 Å². The average molecular weight is 502 g/mol. The second kappa shape index (κ2) is 10.6. The fourth-order valence-electron chi connectivity index (χ4n) is 3.28. The van der Waals surface area contributed by atoms with Crippen molar-refractivity contribution < 1.29 is 32.8 Å². The molecule has 3 N–H and O–H groups in total. The van der Waals surface area contributed by atoms with Gasteiger partial charge in [0, 0.05) is 6.07 Å². The van der Waals surface area contributed by atoms with E-state index in [0.29, 0.717) is 5.39 Å². The van der Waals surface area contributed by atoms with Crippen molar-refractivity contribution in [3.8, 4) is 0 Å². The SMILES string of the molecule is Cc1c(NC(=O)COC(=O)[C@H](NS(=O)(=O)c2ccc3ccccc3c2)[C@H](C)O)cccc1[N+](=O)[O-]. The van der Waals surface area contributed by atoms with Crippen molar-refractivity contribution in [2.75, 3.05) is 11.9 Å². The Labute approximate surface area is 200 Å². The second-order valence-electron chi connectivity index (χ2n) is 7.71. The van der Waals surface area contributed by atoms with E-state index in [0.717, 1.165) is 5.39 Å². The molecular weight excluding hydrogens is 478 g/mol. The van der Waals surface area contributed by atoms with Crippen LogP contribution in [0.15, 0.2) is 65.6 Å². The maximum atomic E-state index is 12.8. The van der Waals surface area contributed by atoms with Gasteiger partial charge in [-0.1, -0.05) is 36.4 Å². The summed E-state index contributed by atoms with van der Waals surface area (Å²) in [5.74, 6) is -1.97. The molecule has 12 heteroatoms. The molecule has 1 amide bonds. The lowest BCUT2D eigenvalue weighted by Crippen LogP contribution is -2.48. The van der Waals surface area contributed by atoms with Gasteiger partial charge in [-0.25, -0.2) is 8.42 Å². The molecule has 0 radical (unpaired) electrons. The van der Waals surface area contributed by atoms with Gasteiger partial charge in [-0.15, -0.1) is 0 Å². The summed E-state index contributed by atoms with van der Waals surface area (Å²) < 4.78 is 32.7. The maximum absolute atomic E-state index is 12.8. The number of hydrogen-bond donors (Lipinski definition) is 3. The molecule has 2 atom stereocenters. The molecule has 0 heterocycles. The number of nitrogens with zero attached hydrogens (tertiary/aromatic N) is 1. The number of carbonyl (C=O) groups is 2. The van der Waals surface area contributed by atoms with Crippen LogP contribution in [0.25, 0.3) is 10.8 Å². The third-order valence-corrected chi connectivity index (χ3v) is 6.61. The number of nitro groups is 1. The van der Waals surface area contributed by atoms with Crippen molar-refractivity contribution in [1.82, 2.24) is 4.72 Å². The first-order chi connectivity index (χ1) is 16.5. The summed E-state index contributed by atoms with van der Waals surface area (Å²) in [5.41, 5.74) is 0.170. The maximum Gasteiger partial charge on any atom is 0.327 e. The number of ether oxygens (including phenoxy) is 1. The van der Waals surface area contributed by atoms with Gasteiger partial charge in [0.1, 0.15) is 6.04 Å². The molecule has 35 heavy (non-hydrogen) atoms. The van der Waals surface area contributed by atoms with Crippen LogP contribution in [0.2, 0.25) is 0 Å². The second-order valence-corrected chi connectivity index (χ2v) is 9.43. The van der Waals surface area contributed by atoms with Gasteiger partial charge in [0.05, 0.1) is 27.2 Å². The zero-order valence-corrected chi connectivity index (χ0v) is 19.6. The van der Waals surface area contributed by atoms with E-state index < -0.39 is 45.6 Å². The van der Waals surface area contributed by atoms with Gasteiger partial charge in [0.2, 0.25) is 10.0 Å². The molecule has 0 aromatic heterocycles. The van der Waals surface area contributed by atoms with Crippen LogP contribution in [0.1, 0.15) is 12.5 Å². The molecular formula is C23H23N3O8S. The molecule has 3 rings (SSSR count).